The number of para-hydroxylation sites is 1. The normalized spacial score (nSPS) is 11.2. The lowest BCUT2D eigenvalue weighted by molar-refractivity contribution is 0.371. The molecule has 3 aromatic rings. The number of hydrogen-bond acceptors (Lipinski definition) is 8. The summed E-state index contributed by atoms with van der Waals surface area (Å²) in [6.45, 7) is 5.95. The number of ether oxygens (including phenoxy) is 1. The van der Waals surface area contributed by atoms with Crippen molar-refractivity contribution in [3.63, 3.8) is 0 Å². The van der Waals surface area contributed by atoms with Gasteiger partial charge in [0.1, 0.15) is 5.52 Å². The van der Waals surface area contributed by atoms with Gasteiger partial charge >= 0.3 is 0 Å². The Hall–Kier alpha value is -3.07. The average molecular weight is 399 g/mol. The highest BCUT2D eigenvalue weighted by Gasteiger charge is 2.17. The molecule has 6 N–H and O–H groups in total. The van der Waals surface area contributed by atoms with Crippen LogP contribution < -0.4 is 21.1 Å². The highest BCUT2D eigenvalue weighted by atomic mass is 16.5. The standard InChI is InChI=1S/C20H29N7O2/c1-12(2)15-16-17(27-26-15)19(25-20(24-16)22-10-5-4-9-21)23-11-13-7-6-8-14(29-3)18(13)28/h6-8,12,28H,4-5,9-11,21H2,1-3H3,(H,26,27)(H2,22,23,24,25). The quantitative estimate of drug-likeness (QED) is 0.329. The first kappa shape index (κ1) is 20.7. The third-order valence-electron chi connectivity index (χ3n) is 4.67. The minimum Gasteiger partial charge on any atom is -0.504 e. The molecule has 29 heavy (non-hydrogen) atoms. The van der Waals surface area contributed by atoms with E-state index in [2.05, 4.69) is 44.6 Å². The first-order valence-electron chi connectivity index (χ1n) is 9.83. The predicted molar refractivity (Wildman–Crippen MR) is 115 cm³/mol. The van der Waals surface area contributed by atoms with Gasteiger partial charge in [-0.15, -0.1) is 0 Å². The summed E-state index contributed by atoms with van der Waals surface area (Å²) in [5, 5.41) is 24.4. The molecule has 0 aliphatic rings. The lowest BCUT2D eigenvalue weighted by Gasteiger charge is -2.12. The van der Waals surface area contributed by atoms with E-state index >= 15 is 0 Å². The number of nitrogens with two attached hydrogens (primary N) is 1. The number of aromatic amines is 1. The maximum absolute atomic E-state index is 10.3. The number of methoxy groups -OCH3 is 1. The third kappa shape index (κ3) is 4.68. The topological polar surface area (TPSA) is 134 Å². The Bertz CT molecular complexity index is 955. The van der Waals surface area contributed by atoms with Crippen LogP contribution in [0.2, 0.25) is 0 Å². The SMILES string of the molecule is COc1cccc(CNc2nc(NCCCCN)nc3c(C(C)C)[nH]nc23)c1O. The van der Waals surface area contributed by atoms with Crippen LogP contribution in [0.3, 0.4) is 0 Å². The van der Waals surface area contributed by atoms with E-state index in [0.29, 0.717) is 41.7 Å². The molecule has 0 radical (unpaired) electrons. The molecule has 9 nitrogen and oxygen atoms in total. The van der Waals surface area contributed by atoms with E-state index in [1.807, 2.05) is 12.1 Å². The van der Waals surface area contributed by atoms with E-state index < -0.39 is 0 Å². The number of unbranched alkanes of at least 4 members (excludes halogenated alkanes) is 1. The molecule has 0 atom stereocenters. The number of rotatable bonds is 10. The number of fused-ring (bicyclic) bond motifs is 1. The number of hydrogen-bond donors (Lipinski definition) is 5. The zero-order chi connectivity index (χ0) is 20.8. The summed E-state index contributed by atoms with van der Waals surface area (Å²) in [4.78, 5) is 9.26. The summed E-state index contributed by atoms with van der Waals surface area (Å²) in [6, 6.07) is 5.38. The Balaban J connectivity index is 1.89. The molecule has 0 aliphatic heterocycles. The van der Waals surface area contributed by atoms with Crippen LogP contribution in [-0.4, -0.2) is 45.5 Å². The summed E-state index contributed by atoms with van der Waals surface area (Å²) in [5.74, 6) is 1.92. The summed E-state index contributed by atoms with van der Waals surface area (Å²) >= 11 is 0. The molecule has 0 aliphatic carbocycles. The minimum absolute atomic E-state index is 0.109. The maximum Gasteiger partial charge on any atom is 0.225 e. The van der Waals surface area contributed by atoms with Crippen LogP contribution in [0.4, 0.5) is 11.8 Å². The zero-order valence-corrected chi connectivity index (χ0v) is 17.1. The van der Waals surface area contributed by atoms with Gasteiger partial charge in [0.25, 0.3) is 0 Å². The molecular weight excluding hydrogens is 370 g/mol. The number of phenols is 1. The van der Waals surface area contributed by atoms with E-state index in [-0.39, 0.29) is 11.7 Å². The van der Waals surface area contributed by atoms with Crippen molar-refractivity contribution in [3.05, 3.63) is 29.5 Å². The Morgan fingerprint density at radius 3 is 2.72 bits per heavy atom. The van der Waals surface area contributed by atoms with Gasteiger partial charge < -0.3 is 26.2 Å². The van der Waals surface area contributed by atoms with Crippen molar-refractivity contribution < 1.29 is 9.84 Å². The molecule has 0 saturated heterocycles. The molecule has 0 amide bonds. The summed E-state index contributed by atoms with van der Waals surface area (Å²) < 4.78 is 5.18. The number of phenolic OH excluding ortho intramolecular Hbond substituents is 1. The number of aromatic nitrogens is 4. The monoisotopic (exact) mass is 399 g/mol. The van der Waals surface area contributed by atoms with Crippen molar-refractivity contribution in [2.24, 2.45) is 5.73 Å². The molecule has 9 heteroatoms. The van der Waals surface area contributed by atoms with Crippen LogP contribution in [0.1, 0.15) is 43.9 Å². The van der Waals surface area contributed by atoms with Gasteiger partial charge in [0.05, 0.1) is 12.8 Å². The summed E-state index contributed by atoms with van der Waals surface area (Å²) in [5.41, 5.74) is 8.68. The van der Waals surface area contributed by atoms with Crippen molar-refractivity contribution in [1.82, 2.24) is 20.2 Å². The fraction of sp³-hybridized carbons (Fsp3) is 0.450. The third-order valence-corrected chi connectivity index (χ3v) is 4.67. The van der Waals surface area contributed by atoms with Crippen molar-refractivity contribution in [2.75, 3.05) is 30.8 Å². The van der Waals surface area contributed by atoms with Gasteiger partial charge in [-0.2, -0.15) is 10.1 Å². The van der Waals surface area contributed by atoms with Gasteiger partial charge in [-0.05, 0) is 31.4 Å². The first-order chi connectivity index (χ1) is 14.0. The van der Waals surface area contributed by atoms with Gasteiger partial charge in [0.15, 0.2) is 22.8 Å². The lowest BCUT2D eigenvalue weighted by atomic mass is 10.1. The van der Waals surface area contributed by atoms with Crippen LogP contribution in [0.5, 0.6) is 11.5 Å². The van der Waals surface area contributed by atoms with Crippen molar-refractivity contribution in [3.8, 4) is 11.5 Å². The fourth-order valence-electron chi connectivity index (χ4n) is 3.05. The van der Waals surface area contributed by atoms with Crippen molar-refractivity contribution in [1.29, 1.82) is 0 Å². The van der Waals surface area contributed by atoms with Gasteiger partial charge in [-0.3, -0.25) is 5.10 Å². The molecule has 3 rings (SSSR count). The Labute approximate surface area is 170 Å². The second-order valence-electron chi connectivity index (χ2n) is 7.13. The second kappa shape index (κ2) is 9.42. The smallest absolute Gasteiger partial charge is 0.225 e. The van der Waals surface area contributed by atoms with Gasteiger partial charge in [-0.1, -0.05) is 26.0 Å². The lowest BCUT2D eigenvalue weighted by Crippen LogP contribution is -2.10. The Morgan fingerprint density at radius 1 is 1.17 bits per heavy atom. The highest BCUT2D eigenvalue weighted by molar-refractivity contribution is 5.88. The van der Waals surface area contributed by atoms with E-state index in [1.54, 1.807) is 6.07 Å². The molecule has 1 aromatic carbocycles. The summed E-state index contributed by atoms with van der Waals surface area (Å²) in [6.07, 6.45) is 1.89. The molecule has 2 aromatic heterocycles. The van der Waals surface area contributed by atoms with Gasteiger partial charge in [-0.25, -0.2) is 4.98 Å². The number of nitrogens with zero attached hydrogens (tertiary/aromatic N) is 3. The fourth-order valence-corrected chi connectivity index (χ4v) is 3.05. The Morgan fingerprint density at radius 2 is 2.00 bits per heavy atom. The molecule has 0 saturated carbocycles. The van der Waals surface area contributed by atoms with E-state index in [1.165, 1.54) is 7.11 Å². The number of anilines is 2. The molecular formula is C20H29N7O2. The largest absolute Gasteiger partial charge is 0.504 e. The molecule has 156 valence electrons. The molecule has 2 heterocycles. The molecule has 0 bridgehead atoms. The van der Waals surface area contributed by atoms with Gasteiger partial charge in [0, 0.05) is 18.7 Å². The number of benzene rings is 1. The van der Waals surface area contributed by atoms with E-state index in [0.717, 1.165) is 30.6 Å². The van der Waals surface area contributed by atoms with E-state index in [4.69, 9.17) is 10.5 Å². The Kier molecular flexibility index (Phi) is 6.71. The highest BCUT2D eigenvalue weighted by Crippen LogP contribution is 2.31. The number of nitrogens with one attached hydrogen (secondary N) is 3. The molecule has 0 unspecified atom stereocenters. The summed E-state index contributed by atoms with van der Waals surface area (Å²) in [7, 11) is 1.53. The number of aromatic hydroxyl groups is 1. The predicted octanol–water partition coefficient (Wildman–Crippen LogP) is 2.95. The first-order valence-corrected chi connectivity index (χ1v) is 9.83. The molecule has 0 spiro atoms. The van der Waals surface area contributed by atoms with Crippen LogP contribution in [0, 0.1) is 0 Å². The zero-order valence-electron chi connectivity index (χ0n) is 17.1. The van der Waals surface area contributed by atoms with Crippen LogP contribution >= 0.6 is 0 Å². The second-order valence-corrected chi connectivity index (χ2v) is 7.13. The van der Waals surface area contributed by atoms with Crippen molar-refractivity contribution >= 4 is 22.8 Å². The number of H-pyrrole nitrogens is 1. The van der Waals surface area contributed by atoms with Crippen molar-refractivity contribution in [2.45, 2.75) is 39.2 Å². The van der Waals surface area contributed by atoms with E-state index in [9.17, 15) is 5.11 Å². The minimum atomic E-state index is 0.109. The molecule has 0 fully saturated rings. The maximum atomic E-state index is 10.3. The van der Waals surface area contributed by atoms with Gasteiger partial charge in [0.2, 0.25) is 5.95 Å². The van der Waals surface area contributed by atoms with Crippen LogP contribution in [0.25, 0.3) is 11.0 Å². The van der Waals surface area contributed by atoms with Crippen LogP contribution in [-0.2, 0) is 6.54 Å². The average Bonchev–Trinajstić information content (AvgIpc) is 3.15. The van der Waals surface area contributed by atoms with Crippen LogP contribution in [0.15, 0.2) is 18.2 Å².